The second kappa shape index (κ2) is 6.35. The molecular formula is C14H18ClFN2O. The average molecular weight is 285 g/mol. The molecule has 1 aromatic carbocycles. The third kappa shape index (κ3) is 4.18. The summed E-state index contributed by atoms with van der Waals surface area (Å²) in [5.74, 6) is 0.0723. The fraction of sp³-hybridized carbons (Fsp3) is 0.500. The van der Waals surface area contributed by atoms with Crippen LogP contribution in [0.2, 0.25) is 5.02 Å². The van der Waals surface area contributed by atoms with Crippen molar-refractivity contribution in [2.24, 2.45) is 5.92 Å². The van der Waals surface area contributed by atoms with Gasteiger partial charge in [-0.1, -0.05) is 18.5 Å². The molecular weight excluding hydrogens is 267 g/mol. The van der Waals surface area contributed by atoms with Crippen molar-refractivity contribution in [3.05, 3.63) is 29.0 Å². The summed E-state index contributed by atoms with van der Waals surface area (Å²) >= 11 is 5.67. The second-order valence-corrected chi connectivity index (χ2v) is 5.57. The molecule has 0 spiro atoms. The van der Waals surface area contributed by atoms with Gasteiger partial charge in [0.2, 0.25) is 5.91 Å². The molecule has 1 N–H and O–H groups in total. The highest BCUT2D eigenvalue weighted by molar-refractivity contribution is 6.31. The first kappa shape index (κ1) is 14.3. The Labute approximate surface area is 117 Å². The monoisotopic (exact) mass is 284 g/mol. The zero-order chi connectivity index (χ0) is 13.8. The van der Waals surface area contributed by atoms with Gasteiger partial charge in [-0.25, -0.2) is 4.39 Å². The van der Waals surface area contributed by atoms with Gasteiger partial charge in [-0.3, -0.25) is 9.69 Å². The predicted molar refractivity (Wildman–Crippen MR) is 74.9 cm³/mol. The smallest absolute Gasteiger partial charge is 0.238 e. The summed E-state index contributed by atoms with van der Waals surface area (Å²) in [6, 6.07) is 4.19. The first-order chi connectivity index (χ1) is 9.04. The molecule has 1 saturated heterocycles. The molecule has 5 heteroatoms. The van der Waals surface area contributed by atoms with E-state index in [2.05, 4.69) is 17.1 Å². The molecule has 1 unspecified atom stereocenters. The molecule has 3 nitrogen and oxygen atoms in total. The Morgan fingerprint density at radius 1 is 1.58 bits per heavy atom. The minimum absolute atomic E-state index is 0.0180. The third-order valence-electron chi connectivity index (χ3n) is 3.31. The fourth-order valence-corrected chi connectivity index (χ4v) is 2.59. The van der Waals surface area contributed by atoms with Crippen LogP contribution in [0.3, 0.4) is 0 Å². The largest absolute Gasteiger partial charge is 0.325 e. The molecule has 1 heterocycles. The fourth-order valence-electron chi connectivity index (χ4n) is 2.41. The van der Waals surface area contributed by atoms with E-state index in [1.165, 1.54) is 24.6 Å². The van der Waals surface area contributed by atoms with Crippen LogP contribution in [0, 0.1) is 11.7 Å². The molecule has 2 rings (SSSR count). The van der Waals surface area contributed by atoms with Crippen molar-refractivity contribution >= 4 is 23.2 Å². The quantitative estimate of drug-likeness (QED) is 0.925. The molecule has 104 valence electrons. The van der Waals surface area contributed by atoms with Gasteiger partial charge in [-0.15, -0.1) is 0 Å². The predicted octanol–water partition coefficient (Wildman–Crippen LogP) is 3.15. The Bertz CT molecular complexity index is 467. The first-order valence-corrected chi connectivity index (χ1v) is 6.89. The maximum absolute atomic E-state index is 13.0. The number of likely N-dealkylation sites (tertiary alicyclic amines) is 1. The summed E-state index contributed by atoms with van der Waals surface area (Å²) in [6.45, 7) is 4.49. The van der Waals surface area contributed by atoms with Gasteiger partial charge in [0.25, 0.3) is 0 Å². The van der Waals surface area contributed by atoms with E-state index in [-0.39, 0.29) is 10.9 Å². The van der Waals surface area contributed by atoms with Crippen LogP contribution in [0.1, 0.15) is 19.8 Å². The van der Waals surface area contributed by atoms with Crippen LogP contribution >= 0.6 is 11.6 Å². The van der Waals surface area contributed by atoms with E-state index in [1.54, 1.807) is 0 Å². The normalized spacial score (nSPS) is 20.3. The van der Waals surface area contributed by atoms with Gasteiger partial charge in [-0.05, 0) is 43.5 Å². The molecule has 1 atom stereocenters. The van der Waals surface area contributed by atoms with Crippen molar-refractivity contribution in [3.8, 4) is 0 Å². The summed E-state index contributed by atoms with van der Waals surface area (Å²) in [7, 11) is 0. The topological polar surface area (TPSA) is 32.3 Å². The van der Waals surface area contributed by atoms with Crippen LogP contribution in [0.4, 0.5) is 10.1 Å². The Balaban J connectivity index is 1.88. The molecule has 1 fully saturated rings. The SMILES string of the molecule is CC1CCCN(CC(=O)Nc2ccc(F)c(Cl)c2)C1. The number of rotatable bonds is 3. The Hall–Kier alpha value is -1.13. The number of hydrogen-bond donors (Lipinski definition) is 1. The summed E-state index contributed by atoms with van der Waals surface area (Å²) in [6.07, 6.45) is 2.36. The van der Waals surface area contributed by atoms with E-state index >= 15 is 0 Å². The van der Waals surface area contributed by atoms with Gasteiger partial charge < -0.3 is 5.32 Å². The summed E-state index contributed by atoms with van der Waals surface area (Å²) in [4.78, 5) is 14.0. The van der Waals surface area contributed by atoms with Crippen molar-refractivity contribution in [2.45, 2.75) is 19.8 Å². The van der Waals surface area contributed by atoms with Crippen molar-refractivity contribution < 1.29 is 9.18 Å². The number of amides is 1. The Morgan fingerprint density at radius 2 is 2.37 bits per heavy atom. The Kier molecular flexibility index (Phi) is 4.77. The molecule has 1 amide bonds. The van der Waals surface area contributed by atoms with Gasteiger partial charge in [0.05, 0.1) is 11.6 Å². The van der Waals surface area contributed by atoms with Gasteiger partial charge in [0, 0.05) is 12.2 Å². The van der Waals surface area contributed by atoms with Crippen molar-refractivity contribution in [3.63, 3.8) is 0 Å². The molecule has 0 radical (unpaired) electrons. The molecule has 0 aliphatic carbocycles. The molecule has 19 heavy (non-hydrogen) atoms. The molecule has 0 saturated carbocycles. The maximum Gasteiger partial charge on any atom is 0.238 e. The minimum atomic E-state index is -0.482. The number of carbonyl (C=O) groups is 1. The molecule has 1 aliphatic heterocycles. The Morgan fingerprint density at radius 3 is 3.05 bits per heavy atom. The number of nitrogens with one attached hydrogen (secondary N) is 1. The number of anilines is 1. The maximum atomic E-state index is 13.0. The van der Waals surface area contributed by atoms with Crippen LogP contribution < -0.4 is 5.32 Å². The summed E-state index contributed by atoms with van der Waals surface area (Å²) in [5.41, 5.74) is 0.529. The standard InChI is InChI=1S/C14H18ClFN2O/c1-10-3-2-6-18(8-10)9-14(19)17-11-4-5-13(16)12(15)7-11/h4-5,7,10H,2-3,6,8-9H2,1H3,(H,17,19). The minimum Gasteiger partial charge on any atom is -0.325 e. The summed E-state index contributed by atoms with van der Waals surface area (Å²) in [5, 5.41) is 2.76. The lowest BCUT2D eigenvalue weighted by Gasteiger charge is -2.30. The molecule has 1 aromatic rings. The van der Waals surface area contributed by atoms with Crippen molar-refractivity contribution in [1.82, 2.24) is 4.90 Å². The van der Waals surface area contributed by atoms with Gasteiger partial charge in [0.15, 0.2) is 0 Å². The lowest BCUT2D eigenvalue weighted by atomic mass is 10.0. The number of nitrogens with zero attached hydrogens (tertiary/aromatic N) is 1. The molecule has 1 aliphatic rings. The van der Waals surface area contributed by atoms with Crippen LogP contribution in [0.15, 0.2) is 18.2 Å². The van der Waals surface area contributed by atoms with E-state index in [1.807, 2.05) is 0 Å². The van der Waals surface area contributed by atoms with E-state index < -0.39 is 5.82 Å². The second-order valence-electron chi connectivity index (χ2n) is 5.16. The third-order valence-corrected chi connectivity index (χ3v) is 3.60. The van der Waals surface area contributed by atoms with Gasteiger partial charge in [-0.2, -0.15) is 0 Å². The van der Waals surface area contributed by atoms with E-state index in [4.69, 9.17) is 11.6 Å². The lowest BCUT2D eigenvalue weighted by molar-refractivity contribution is -0.117. The number of hydrogen-bond acceptors (Lipinski definition) is 2. The van der Waals surface area contributed by atoms with Crippen molar-refractivity contribution in [2.75, 3.05) is 25.0 Å². The van der Waals surface area contributed by atoms with Crippen LogP contribution in [0.5, 0.6) is 0 Å². The van der Waals surface area contributed by atoms with E-state index in [0.29, 0.717) is 18.2 Å². The first-order valence-electron chi connectivity index (χ1n) is 6.52. The average Bonchev–Trinajstić information content (AvgIpc) is 2.34. The number of halogens is 2. The highest BCUT2D eigenvalue weighted by atomic mass is 35.5. The van der Waals surface area contributed by atoms with Gasteiger partial charge in [0.1, 0.15) is 5.82 Å². The number of carbonyl (C=O) groups excluding carboxylic acids is 1. The number of piperidine rings is 1. The van der Waals surface area contributed by atoms with Gasteiger partial charge >= 0.3 is 0 Å². The molecule has 0 bridgehead atoms. The lowest BCUT2D eigenvalue weighted by Crippen LogP contribution is -2.39. The zero-order valence-corrected chi connectivity index (χ0v) is 11.7. The van der Waals surface area contributed by atoms with Crippen LogP contribution in [-0.2, 0) is 4.79 Å². The van der Waals surface area contributed by atoms with Crippen molar-refractivity contribution in [1.29, 1.82) is 0 Å². The van der Waals surface area contributed by atoms with E-state index in [9.17, 15) is 9.18 Å². The van der Waals surface area contributed by atoms with Crippen LogP contribution in [-0.4, -0.2) is 30.4 Å². The van der Waals surface area contributed by atoms with E-state index in [0.717, 1.165) is 19.5 Å². The highest BCUT2D eigenvalue weighted by Gasteiger charge is 2.18. The zero-order valence-electron chi connectivity index (χ0n) is 11.0. The van der Waals surface area contributed by atoms with Crippen LogP contribution in [0.25, 0.3) is 0 Å². The number of benzene rings is 1. The summed E-state index contributed by atoms with van der Waals surface area (Å²) < 4.78 is 13.0. The molecule has 0 aromatic heterocycles. The highest BCUT2D eigenvalue weighted by Crippen LogP contribution is 2.19.